The summed E-state index contributed by atoms with van der Waals surface area (Å²) in [5.41, 5.74) is 3.35. The number of hydrogen-bond acceptors (Lipinski definition) is 1. The summed E-state index contributed by atoms with van der Waals surface area (Å²) in [6.45, 7) is 3.91. The van der Waals surface area contributed by atoms with Gasteiger partial charge in [0.05, 0.1) is 0 Å². The first kappa shape index (κ1) is 9.72. The molecule has 1 nitrogen and oxygen atoms in total. The van der Waals surface area contributed by atoms with Crippen LogP contribution >= 0.6 is 0 Å². The summed E-state index contributed by atoms with van der Waals surface area (Å²) in [6, 6.07) is 8.21. The van der Waals surface area contributed by atoms with E-state index in [-0.39, 0.29) is 0 Å². The highest BCUT2D eigenvalue weighted by atomic mass is 16.1. The van der Waals surface area contributed by atoms with Crippen LogP contribution in [0.2, 0.25) is 0 Å². The van der Waals surface area contributed by atoms with E-state index in [1.54, 1.807) is 0 Å². The van der Waals surface area contributed by atoms with Gasteiger partial charge in [-0.2, -0.15) is 0 Å². The number of allylic oxidation sites excluding steroid dienone is 2. The zero-order valence-corrected chi connectivity index (χ0v) is 8.08. The van der Waals surface area contributed by atoms with E-state index in [1.807, 2.05) is 25.1 Å². The second-order valence-corrected chi connectivity index (χ2v) is 3.20. The highest BCUT2D eigenvalue weighted by molar-refractivity contribution is 5.72. The van der Waals surface area contributed by atoms with E-state index in [9.17, 15) is 4.79 Å². The molecule has 1 heteroatoms. The molecule has 13 heavy (non-hydrogen) atoms. The molecule has 0 saturated heterocycles. The Kier molecular flexibility index (Phi) is 3.44. The third kappa shape index (κ3) is 2.86. The Bertz CT molecular complexity index is 324. The summed E-state index contributed by atoms with van der Waals surface area (Å²) in [7, 11) is 0. The molecule has 0 aliphatic carbocycles. The first-order valence-electron chi connectivity index (χ1n) is 4.40. The first-order chi connectivity index (χ1) is 6.24. The summed E-state index contributed by atoms with van der Waals surface area (Å²) >= 11 is 0. The van der Waals surface area contributed by atoms with Gasteiger partial charge in [0.1, 0.15) is 6.29 Å². The molecule has 0 heterocycles. The summed E-state index contributed by atoms with van der Waals surface area (Å²) in [6.07, 6.45) is 3.69. The zero-order chi connectivity index (χ0) is 9.68. The molecule has 0 spiro atoms. The lowest BCUT2D eigenvalue weighted by Crippen LogP contribution is -1.87. The van der Waals surface area contributed by atoms with Gasteiger partial charge in [0.25, 0.3) is 0 Å². The minimum absolute atomic E-state index is 0.795. The fraction of sp³-hybridized carbons (Fsp3) is 0.250. The SMILES string of the molecule is C/C(C=O)=C\Cc1ccccc1C. The molecule has 1 aromatic rings. The van der Waals surface area contributed by atoms with Crippen LogP contribution in [-0.4, -0.2) is 6.29 Å². The van der Waals surface area contributed by atoms with Gasteiger partial charge in [0, 0.05) is 0 Å². The van der Waals surface area contributed by atoms with Gasteiger partial charge < -0.3 is 0 Å². The monoisotopic (exact) mass is 174 g/mol. The first-order valence-corrected chi connectivity index (χ1v) is 4.40. The average molecular weight is 174 g/mol. The van der Waals surface area contributed by atoms with Gasteiger partial charge in [0.2, 0.25) is 0 Å². The fourth-order valence-electron chi connectivity index (χ4n) is 1.16. The summed E-state index contributed by atoms with van der Waals surface area (Å²) in [5, 5.41) is 0. The van der Waals surface area contributed by atoms with Crippen molar-refractivity contribution in [2.24, 2.45) is 0 Å². The minimum Gasteiger partial charge on any atom is -0.298 e. The topological polar surface area (TPSA) is 17.1 Å². The lowest BCUT2D eigenvalue weighted by Gasteiger charge is -2.00. The Labute approximate surface area is 79.1 Å². The van der Waals surface area contributed by atoms with Gasteiger partial charge in [-0.3, -0.25) is 4.79 Å². The maximum absolute atomic E-state index is 10.3. The van der Waals surface area contributed by atoms with Crippen LogP contribution in [0, 0.1) is 6.92 Å². The lowest BCUT2D eigenvalue weighted by atomic mass is 10.0. The van der Waals surface area contributed by atoms with E-state index in [1.165, 1.54) is 11.1 Å². The highest BCUT2D eigenvalue weighted by Gasteiger charge is 1.93. The number of hydrogen-bond donors (Lipinski definition) is 0. The number of aryl methyl sites for hydroxylation is 1. The summed E-state index contributed by atoms with van der Waals surface area (Å²) < 4.78 is 0. The van der Waals surface area contributed by atoms with Gasteiger partial charge >= 0.3 is 0 Å². The van der Waals surface area contributed by atoms with Crippen LogP contribution in [0.3, 0.4) is 0 Å². The third-order valence-corrected chi connectivity index (χ3v) is 2.09. The molecule has 0 N–H and O–H groups in total. The molecule has 0 aromatic heterocycles. The van der Waals surface area contributed by atoms with Gasteiger partial charge in [-0.25, -0.2) is 0 Å². The number of carbonyl (C=O) groups excluding carboxylic acids is 1. The Morgan fingerprint density at radius 3 is 2.69 bits per heavy atom. The Morgan fingerprint density at radius 1 is 1.38 bits per heavy atom. The molecule has 0 unspecified atom stereocenters. The number of carbonyl (C=O) groups is 1. The van der Waals surface area contributed by atoms with Crippen LogP contribution in [0.25, 0.3) is 0 Å². The molecule has 0 aliphatic rings. The Balaban J connectivity index is 2.75. The number of benzene rings is 1. The maximum atomic E-state index is 10.3. The predicted octanol–water partition coefficient (Wildman–Crippen LogP) is 2.68. The van der Waals surface area contributed by atoms with E-state index < -0.39 is 0 Å². The molecule has 1 rings (SSSR count). The van der Waals surface area contributed by atoms with Crippen molar-refractivity contribution < 1.29 is 4.79 Å². The van der Waals surface area contributed by atoms with Crippen LogP contribution in [0.1, 0.15) is 18.1 Å². The van der Waals surface area contributed by atoms with Crippen molar-refractivity contribution in [3.8, 4) is 0 Å². The maximum Gasteiger partial charge on any atom is 0.145 e. The second kappa shape index (κ2) is 4.61. The normalized spacial score (nSPS) is 11.4. The molecule has 1 aromatic carbocycles. The van der Waals surface area contributed by atoms with Crippen LogP contribution in [0.4, 0.5) is 0 Å². The largest absolute Gasteiger partial charge is 0.298 e. The average Bonchev–Trinajstić information content (AvgIpc) is 2.16. The lowest BCUT2D eigenvalue weighted by molar-refractivity contribution is -0.104. The van der Waals surface area contributed by atoms with E-state index in [0.717, 1.165) is 18.3 Å². The highest BCUT2D eigenvalue weighted by Crippen LogP contribution is 2.08. The molecular formula is C12H14O. The van der Waals surface area contributed by atoms with E-state index in [2.05, 4.69) is 19.1 Å². The van der Waals surface area contributed by atoms with Gasteiger partial charge in [-0.15, -0.1) is 0 Å². The van der Waals surface area contributed by atoms with Gasteiger partial charge in [-0.05, 0) is 37.0 Å². The van der Waals surface area contributed by atoms with E-state index >= 15 is 0 Å². The van der Waals surface area contributed by atoms with Crippen LogP contribution in [0.15, 0.2) is 35.9 Å². The fourth-order valence-corrected chi connectivity index (χ4v) is 1.16. The van der Waals surface area contributed by atoms with Crippen molar-refractivity contribution in [1.82, 2.24) is 0 Å². The predicted molar refractivity (Wildman–Crippen MR) is 54.7 cm³/mol. The minimum atomic E-state index is 0.795. The zero-order valence-electron chi connectivity index (χ0n) is 8.08. The molecular weight excluding hydrogens is 160 g/mol. The van der Waals surface area contributed by atoms with Crippen molar-refractivity contribution in [1.29, 1.82) is 0 Å². The van der Waals surface area contributed by atoms with Crippen LogP contribution in [0.5, 0.6) is 0 Å². The molecule has 0 fully saturated rings. The standard InChI is InChI=1S/C12H14O/c1-10(9-13)7-8-12-6-4-3-5-11(12)2/h3-7,9H,8H2,1-2H3/b10-7+. The second-order valence-electron chi connectivity index (χ2n) is 3.20. The van der Waals surface area contributed by atoms with Crippen molar-refractivity contribution in [2.75, 3.05) is 0 Å². The molecule has 68 valence electrons. The molecule has 0 bridgehead atoms. The molecule has 0 radical (unpaired) electrons. The van der Waals surface area contributed by atoms with Crippen molar-refractivity contribution >= 4 is 6.29 Å². The summed E-state index contributed by atoms with van der Waals surface area (Å²) in [4.78, 5) is 10.3. The molecule has 0 atom stereocenters. The molecule has 0 aliphatic heterocycles. The third-order valence-electron chi connectivity index (χ3n) is 2.09. The van der Waals surface area contributed by atoms with Gasteiger partial charge in [-0.1, -0.05) is 30.3 Å². The smallest absolute Gasteiger partial charge is 0.145 e. The van der Waals surface area contributed by atoms with Crippen molar-refractivity contribution in [3.63, 3.8) is 0 Å². The van der Waals surface area contributed by atoms with Crippen LogP contribution in [-0.2, 0) is 11.2 Å². The summed E-state index contributed by atoms with van der Waals surface area (Å²) in [5.74, 6) is 0. The van der Waals surface area contributed by atoms with E-state index in [4.69, 9.17) is 0 Å². The van der Waals surface area contributed by atoms with E-state index in [0.29, 0.717) is 0 Å². The van der Waals surface area contributed by atoms with Crippen LogP contribution < -0.4 is 0 Å². The number of aldehydes is 1. The van der Waals surface area contributed by atoms with Crippen molar-refractivity contribution in [2.45, 2.75) is 20.3 Å². The Morgan fingerprint density at radius 2 is 2.08 bits per heavy atom. The van der Waals surface area contributed by atoms with Crippen molar-refractivity contribution in [3.05, 3.63) is 47.0 Å². The molecule has 0 saturated carbocycles. The Hall–Kier alpha value is -1.37. The molecule has 0 amide bonds. The number of rotatable bonds is 3. The quantitative estimate of drug-likeness (QED) is 0.508. The van der Waals surface area contributed by atoms with Gasteiger partial charge in [0.15, 0.2) is 0 Å².